The maximum Gasteiger partial charge on any atom is 0.330 e. The van der Waals surface area contributed by atoms with E-state index in [1.54, 1.807) is 6.92 Å². The van der Waals surface area contributed by atoms with Crippen LogP contribution in [0.4, 0.5) is 0 Å². The highest BCUT2D eigenvalue weighted by Crippen LogP contribution is 2.13. The lowest BCUT2D eigenvalue weighted by molar-refractivity contribution is -0.137. The first-order chi connectivity index (χ1) is 13.0. The van der Waals surface area contributed by atoms with Gasteiger partial charge in [0.1, 0.15) is 0 Å². The summed E-state index contributed by atoms with van der Waals surface area (Å²) >= 11 is 0. The number of carbonyl (C=O) groups is 2. The largest absolute Gasteiger partial charge is 0.481 e. The monoisotopic (exact) mass is 384 g/mol. The number of hydrogen-bond acceptors (Lipinski definition) is 2. The Morgan fingerprint density at radius 2 is 0.963 bits per heavy atom. The molecule has 0 atom stereocenters. The molecule has 0 amide bonds. The van der Waals surface area contributed by atoms with Gasteiger partial charge in [-0.1, -0.05) is 110 Å². The van der Waals surface area contributed by atoms with Crippen molar-refractivity contribution in [2.24, 2.45) is 0 Å². The molecule has 0 spiro atoms. The number of aliphatic carboxylic acids is 2. The fourth-order valence-corrected chi connectivity index (χ4v) is 2.80. The van der Waals surface area contributed by atoms with Crippen LogP contribution in [0.25, 0.3) is 0 Å². The van der Waals surface area contributed by atoms with Crippen molar-refractivity contribution in [1.29, 1.82) is 0 Å². The van der Waals surface area contributed by atoms with Crippen molar-refractivity contribution in [2.75, 3.05) is 0 Å². The Labute approximate surface area is 167 Å². The average molecular weight is 385 g/mol. The third-order valence-electron chi connectivity index (χ3n) is 4.72. The summed E-state index contributed by atoms with van der Waals surface area (Å²) in [5.41, 5.74) is 0.264. The summed E-state index contributed by atoms with van der Waals surface area (Å²) in [7, 11) is 0. The van der Waals surface area contributed by atoms with Gasteiger partial charge in [0.25, 0.3) is 0 Å². The predicted molar refractivity (Wildman–Crippen MR) is 114 cm³/mol. The number of hydrogen-bond donors (Lipinski definition) is 2. The summed E-state index contributed by atoms with van der Waals surface area (Å²) in [6.45, 7) is 7.30. The highest BCUT2D eigenvalue weighted by Gasteiger charge is 1.97. The first-order valence-electron chi connectivity index (χ1n) is 11.1. The molecule has 0 bridgehead atoms. The molecular formula is C23H44O4. The van der Waals surface area contributed by atoms with E-state index in [-0.39, 0.29) is 5.57 Å². The minimum atomic E-state index is -0.900. The molecule has 0 aromatic rings. The van der Waals surface area contributed by atoms with Gasteiger partial charge in [0.2, 0.25) is 0 Å². The Balaban J connectivity index is 0. The van der Waals surface area contributed by atoms with Crippen molar-refractivity contribution in [3.8, 4) is 0 Å². The average Bonchev–Trinajstić information content (AvgIpc) is 2.64. The first-order valence-corrected chi connectivity index (χ1v) is 11.1. The molecule has 0 radical (unpaired) electrons. The van der Waals surface area contributed by atoms with Crippen LogP contribution in [0.15, 0.2) is 12.2 Å². The topological polar surface area (TPSA) is 74.6 Å². The molecule has 0 rings (SSSR count). The fourth-order valence-electron chi connectivity index (χ4n) is 2.80. The second-order valence-corrected chi connectivity index (χ2v) is 7.36. The van der Waals surface area contributed by atoms with E-state index in [0.717, 1.165) is 12.8 Å². The van der Waals surface area contributed by atoms with E-state index in [0.29, 0.717) is 12.8 Å². The van der Waals surface area contributed by atoms with Crippen LogP contribution in [0.1, 0.15) is 123 Å². The Morgan fingerprint density at radius 1 is 0.630 bits per heavy atom. The number of unbranched alkanes of at least 4 members (excludes halogenated alkanes) is 14. The van der Waals surface area contributed by atoms with Crippen molar-refractivity contribution < 1.29 is 19.8 Å². The maximum absolute atomic E-state index is 10.3. The third kappa shape index (κ3) is 27.0. The standard InChI is InChI=1S/C18H36O2.C5H8O2/c1-2-3-4-5-6-7-8-9-10-11-12-13-14-15-16-17-18(19)20;1-3-4(2)5(6)7/h2-17H2,1H3,(H,19,20);2-3H2,1H3,(H,6,7). The van der Waals surface area contributed by atoms with Gasteiger partial charge in [0.05, 0.1) is 0 Å². The molecule has 0 unspecified atom stereocenters. The van der Waals surface area contributed by atoms with Crippen molar-refractivity contribution in [1.82, 2.24) is 0 Å². The van der Waals surface area contributed by atoms with Crippen molar-refractivity contribution in [2.45, 2.75) is 123 Å². The summed E-state index contributed by atoms with van der Waals surface area (Å²) < 4.78 is 0. The summed E-state index contributed by atoms with van der Waals surface area (Å²) in [5, 5.41) is 16.6. The van der Waals surface area contributed by atoms with Gasteiger partial charge in [0.15, 0.2) is 0 Å². The second-order valence-electron chi connectivity index (χ2n) is 7.36. The molecule has 4 nitrogen and oxygen atoms in total. The third-order valence-corrected chi connectivity index (χ3v) is 4.72. The molecule has 0 aliphatic heterocycles. The van der Waals surface area contributed by atoms with Gasteiger partial charge in [-0.3, -0.25) is 4.79 Å². The van der Waals surface area contributed by atoms with Gasteiger partial charge in [0, 0.05) is 12.0 Å². The van der Waals surface area contributed by atoms with E-state index >= 15 is 0 Å². The van der Waals surface area contributed by atoms with Gasteiger partial charge in [-0.05, 0) is 12.8 Å². The summed E-state index contributed by atoms with van der Waals surface area (Å²) in [5.74, 6) is -1.55. The number of rotatable bonds is 18. The molecule has 0 aliphatic rings. The zero-order chi connectivity index (χ0) is 20.8. The van der Waals surface area contributed by atoms with Gasteiger partial charge in [-0.25, -0.2) is 4.79 Å². The van der Waals surface area contributed by atoms with E-state index in [9.17, 15) is 9.59 Å². The van der Waals surface area contributed by atoms with Crippen LogP contribution in [0.2, 0.25) is 0 Å². The first kappa shape index (κ1) is 27.9. The molecule has 2 N–H and O–H groups in total. The smallest absolute Gasteiger partial charge is 0.330 e. The maximum atomic E-state index is 10.3. The van der Waals surface area contributed by atoms with Crippen LogP contribution in [0.3, 0.4) is 0 Å². The molecule has 0 aromatic carbocycles. The molecule has 0 saturated carbocycles. The van der Waals surface area contributed by atoms with E-state index in [1.807, 2.05) is 0 Å². The molecule has 4 heteroatoms. The molecule has 0 saturated heterocycles. The lowest BCUT2D eigenvalue weighted by atomic mass is 10.0. The Bertz CT molecular complexity index is 363. The SMILES string of the molecule is C=C(CC)C(=O)O.CCCCCCCCCCCCCCCCCC(=O)O. The van der Waals surface area contributed by atoms with Crippen LogP contribution in [-0.4, -0.2) is 22.2 Å². The molecule has 0 aliphatic carbocycles. The van der Waals surface area contributed by atoms with E-state index < -0.39 is 11.9 Å². The summed E-state index contributed by atoms with van der Waals surface area (Å²) in [6.07, 6.45) is 20.7. The molecule has 0 heterocycles. The van der Waals surface area contributed by atoms with E-state index in [2.05, 4.69) is 13.5 Å². The zero-order valence-electron chi connectivity index (χ0n) is 17.9. The van der Waals surface area contributed by atoms with Crippen LogP contribution in [0.5, 0.6) is 0 Å². The van der Waals surface area contributed by atoms with Crippen molar-refractivity contribution in [3.63, 3.8) is 0 Å². The predicted octanol–water partition coefficient (Wildman–Crippen LogP) is 7.37. The fraction of sp³-hybridized carbons (Fsp3) is 0.826. The van der Waals surface area contributed by atoms with E-state index in [4.69, 9.17) is 10.2 Å². The summed E-state index contributed by atoms with van der Waals surface area (Å²) in [6, 6.07) is 0. The highest BCUT2D eigenvalue weighted by atomic mass is 16.4. The summed E-state index contributed by atoms with van der Waals surface area (Å²) in [4.78, 5) is 20.2. The molecular weight excluding hydrogens is 340 g/mol. The number of carboxylic acid groups (broad SMARTS) is 2. The van der Waals surface area contributed by atoms with Crippen LogP contribution >= 0.6 is 0 Å². The van der Waals surface area contributed by atoms with Gasteiger partial charge >= 0.3 is 11.9 Å². The molecule has 160 valence electrons. The second kappa shape index (κ2) is 22.7. The van der Waals surface area contributed by atoms with Gasteiger partial charge in [-0.2, -0.15) is 0 Å². The van der Waals surface area contributed by atoms with Crippen LogP contribution < -0.4 is 0 Å². The quantitative estimate of drug-likeness (QED) is 0.191. The van der Waals surface area contributed by atoms with Crippen molar-refractivity contribution >= 4 is 11.9 Å². The zero-order valence-corrected chi connectivity index (χ0v) is 17.9. The Morgan fingerprint density at radius 3 is 1.19 bits per heavy atom. The lowest BCUT2D eigenvalue weighted by Gasteiger charge is -2.03. The molecule has 0 fully saturated rings. The highest BCUT2D eigenvalue weighted by molar-refractivity contribution is 5.85. The Kier molecular flexibility index (Phi) is 23.5. The normalized spacial score (nSPS) is 10.1. The van der Waals surface area contributed by atoms with Crippen LogP contribution in [-0.2, 0) is 9.59 Å². The number of carboxylic acids is 2. The molecule has 0 aromatic heterocycles. The van der Waals surface area contributed by atoms with Gasteiger partial charge < -0.3 is 10.2 Å². The minimum absolute atomic E-state index is 0.264. The van der Waals surface area contributed by atoms with E-state index in [1.165, 1.54) is 83.5 Å². The minimum Gasteiger partial charge on any atom is -0.481 e. The lowest BCUT2D eigenvalue weighted by Crippen LogP contribution is -1.95. The Hall–Kier alpha value is -1.32. The van der Waals surface area contributed by atoms with Gasteiger partial charge in [-0.15, -0.1) is 0 Å². The molecule has 27 heavy (non-hydrogen) atoms. The van der Waals surface area contributed by atoms with Crippen molar-refractivity contribution in [3.05, 3.63) is 12.2 Å². The van der Waals surface area contributed by atoms with Crippen LogP contribution in [0, 0.1) is 0 Å².